The summed E-state index contributed by atoms with van der Waals surface area (Å²) >= 11 is 0. The van der Waals surface area contributed by atoms with E-state index in [2.05, 4.69) is 20.8 Å². The highest BCUT2D eigenvalue weighted by atomic mass is 16.4. The molecular weight excluding hydrogens is 829 g/mol. The zero-order valence-corrected chi connectivity index (χ0v) is 44.3. The van der Waals surface area contributed by atoms with Gasteiger partial charge in [0.25, 0.3) is 0 Å². The Balaban J connectivity index is -0.000000410. The second-order valence-electron chi connectivity index (χ2n) is 19.3. The molecule has 9 heteroatoms. The third kappa shape index (κ3) is 82.4. The molecule has 0 aliphatic rings. The molecular formula is C57H116O9. The van der Waals surface area contributed by atoms with Gasteiger partial charge in [-0.05, 0) is 19.3 Å². The summed E-state index contributed by atoms with van der Waals surface area (Å²) in [7, 11) is 0. The van der Waals surface area contributed by atoms with Crippen molar-refractivity contribution in [3.63, 3.8) is 0 Å². The van der Waals surface area contributed by atoms with E-state index in [0.717, 1.165) is 38.5 Å². The minimum absolute atomic E-state index is 0.345. The Bertz CT molecular complexity index is 791. The first-order valence-electron chi connectivity index (χ1n) is 28.7. The predicted octanol–water partition coefficient (Wildman–Crippen LogP) is 17.3. The molecule has 0 aromatic rings. The maximum Gasteiger partial charge on any atom is 0.303 e. The number of carbonyl (C=O) groups is 3. The lowest BCUT2D eigenvalue weighted by Crippen LogP contribution is -2.15. The molecule has 0 saturated carbocycles. The number of hydrogen-bond acceptors (Lipinski definition) is 6. The molecule has 0 amide bonds. The molecule has 0 heterocycles. The molecule has 6 N–H and O–H groups in total. The standard InChI is InChI=1S/3C18H36O2.C3H8O3/c3*1-2-3-4-5-6-7-8-9-10-11-12-13-14-15-16-17-18(19)20;4-1-3(6)2-5/h3*2-17H2,1H3,(H,19,20);3-6H,1-2H2. The van der Waals surface area contributed by atoms with Crippen molar-refractivity contribution in [1.29, 1.82) is 0 Å². The van der Waals surface area contributed by atoms with Crippen LogP contribution in [0.2, 0.25) is 0 Å². The van der Waals surface area contributed by atoms with E-state index in [9.17, 15) is 14.4 Å². The fourth-order valence-electron chi connectivity index (χ4n) is 8.00. The summed E-state index contributed by atoms with van der Waals surface area (Å²) in [5.41, 5.74) is 0. The van der Waals surface area contributed by atoms with Crippen molar-refractivity contribution in [2.75, 3.05) is 13.2 Å². The highest BCUT2D eigenvalue weighted by molar-refractivity contribution is 5.67. The summed E-state index contributed by atoms with van der Waals surface area (Å²) in [6.07, 6.45) is 59.6. The van der Waals surface area contributed by atoms with Gasteiger partial charge in [-0.15, -0.1) is 0 Å². The summed E-state index contributed by atoms with van der Waals surface area (Å²) in [6.45, 7) is 6.08. The number of carboxylic acids is 3. The van der Waals surface area contributed by atoms with Gasteiger partial charge in [-0.3, -0.25) is 14.4 Å². The van der Waals surface area contributed by atoms with Crippen molar-refractivity contribution in [2.45, 2.75) is 335 Å². The van der Waals surface area contributed by atoms with Gasteiger partial charge in [0, 0.05) is 19.3 Å². The van der Waals surface area contributed by atoms with Crippen molar-refractivity contribution in [3.8, 4) is 0 Å². The number of unbranched alkanes of at least 4 members (excludes halogenated alkanes) is 42. The third-order valence-electron chi connectivity index (χ3n) is 12.4. The molecule has 0 unspecified atom stereocenters. The van der Waals surface area contributed by atoms with Gasteiger partial charge in [0.05, 0.1) is 13.2 Å². The van der Waals surface area contributed by atoms with E-state index in [1.54, 1.807) is 0 Å². The largest absolute Gasteiger partial charge is 0.481 e. The topological polar surface area (TPSA) is 173 Å². The van der Waals surface area contributed by atoms with E-state index in [4.69, 9.17) is 30.6 Å². The minimum atomic E-state index is -0.954. The monoisotopic (exact) mass is 945 g/mol. The van der Waals surface area contributed by atoms with E-state index in [1.165, 1.54) is 250 Å². The van der Waals surface area contributed by atoms with E-state index >= 15 is 0 Å². The van der Waals surface area contributed by atoms with Crippen molar-refractivity contribution in [1.82, 2.24) is 0 Å². The van der Waals surface area contributed by atoms with Crippen LogP contribution in [-0.4, -0.2) is 67.9 Å². The molecule has 0 saturated heterocycles. The Morgan fingerprint density at radius 2 is 0.379 bits per heavy atom. The van der Waals surface area contributed by atoms with Crippen LogP contribution in [0.15, 0.2) is 0 Å². The quantitative estimate of drug-likeness (QED) is 0.0325. The summed E-state index contributed by atoms with van der Waals surface area (Å²) in [6, 6.07) is 0. The highest BCUT2D eigenvalue weighted by Crippen LogP contribution is 2.16. The molecule has 0 radical (unpaired) electrons. The average molecular weight is 946 g/mol. The third-order valence-corrected chi connectivity index (χ3v) is 12.4. The molecule has 9 nitrogen and oxygen atoms in total. The first kappa shape index (κ1) is 70.8. The number of aliphatic hydroxyl groups excluding tert-OH is 3. The van der Waals surface area contributed by atoms with Gasteiger partial charge in [-0.2, -0.15) is 0 Å². The number of hydrogen-bond donors (Lipinski definition) is 6. The van der Waals surface area contributed by atoms with Gasteiger partial charge in [-0.25, -0.2) is 0 Å². The summed E-state index contributed by atoms with van der Waals surface area (Å²) in [5, 5.41) is 49.6. The van der Waals surface area contributed by atoms with E-state index in [1.807, 2.05) is 0 Å². The Kier molecular flexibility index (Phi) is 72.5. The van der Waals surface area contributed by atoms with Crippen LogP contribution in [0.5, 0.6) is 0 Å². The van der Waals surface area contributed by atoms with Crippen molar-refractivity contribution in [3.05, 3.63) is 0 Å². The summed E-state index contributed by atoms with van der Waals surface area (Å²) in [5.74, 6) is -1.96. The summed E-state index contributed by atoms with van der Waals surface area (Å²) < 4.78 is 0. The molecule has 0 aliphatic carbocycles. The second kappa shape index (κ2) is 67.6. The van der Waals surface area contributed by atoms with E-state index in [0.29, 0.717) is 19.3 Å². The minimum Gasteiger partial charge on any atom is -0.481 e. The van der Waals surface area contributed by atoms with Gasteiger partial charge in [0.15, 0.2) is 0 Å². The van der Waals surface area contributed by atoms with Gasteiger partial charge < -0.3 is 30.6 Å². The van der Waals surface area contributed by atoms with Crippen molar-refractivity contribution >= 4 is 17.9 Å². The zero-order chi connectivity index (χ0) is 49.7. The highest BCUT2D eigenvalue weighted by Gasteiger charge is 2.00. The fraction of sp³-hybridized carbons (Fsp3) is 0.947. The molecule has 66 heavy (non-hydrogen) atoms. The first-order valence-corrected chi connectivity index (χ1v) is 28.7. The number of aliphatic hydroxyl groups is 3. The fourth-order valence-corrected chi connectivity index (χ4v) is 8.00. The first-order chi connectivity index (χ1) is 32.1. The molecule has 0 spiro atoms. The predicted molar refractivity (Wildman–Crippen MR) is 282 cm³/mol. The van der Waals surface area contributed by atoms with Crippen molar-refractivity contribution < 1.29 is 45.0 Å². The lowest BCUT2D eigenvalue weighted by Gasteiger charge is -2.03. The zero-order valence-electron chi connectivity index (χ0n) is 44.3. The lowest BCUT2D eigenvalue weighted by molar-refractivity contribution is -0.138. The maximum absolute atomic E-state index is 10.3. The average Bonchev–Trinajstić information content (AvgIpc) is 3.30. The SMILES string of the molecule is CCCCCCCCCCCCCCCCCC(=O)O.CCCCCCCCCCCCCCCCCC(=O)O.CCCCCCCCCCCCCCCCCC(=O)O.OCC(O)CO. The Morgan fingerprint density at radius 3 is 0.470 bits per heavy atom. The van der Waals surface area contributed by atoms with Gasteiger partial charge in [0.2, 0.25) is 0 Å². The summed E-state index contributed by atoms with van der Waals surface area (Å²) in [4.78, 5) is 31.0. The molecule has 0 atom stereocenters. The normalized spacial score (nSPS) is 10.8. The second-order valence-corrected chi connectivity index (χ2v) is 19.3. The van der Waals surface area contributed by atoms with Crippen LogP contribution in [0.4, 0.5) is 0 Å². The van der Waals surface area contributed by atoms with Gasteiger partial charge in [-0.1, -0.05) is 290 Å². The van der Waals surface area contributed by atoms with Crippen LogP contribution in [0.3, 0.4) is 0 Å². The van der Waals surface area contributed by atoms with Crippen LogP contribution in [0, 0.1) is 0 Å². The molecule has 0 fully saturated rings. The van der Waals surface area contributed by atoms with Crippen LogP contribution >= 0.6 is 0 Å². The molecule has 0 aromatic heterocycles. The molecule has 0 aromatic carbocycles. The molecule has 0 aliphatic heterocycles. The van der Waals surface area contributed by atoms with Crippen LogP contribution in [0.25, 0.3) is 0 Å². The Hall–Kier alpha value is -1.71. The molecule has 398 valence electrons. The van der Waals surface area contributed by atoms with Crippen LogP contribution in [0.1, 0.15) is 329 Å². The molecule has 0 rings (SSSR count). The number of aliphatic carboxylic acids is 3. The van der Waals surface area contributed by atoms with E-state index in [-0.39, 0.29) is 13.2 Å². The number of carboxylic acid groups (broad SMARTS) is 3. The van der Waals surface area contributed by atoms with Crippen LogP contribution in [-0.2, 0) is 14.4 Å². The smallest absolute Gasteiger partial charge is 0.303 e. The molecule has 0 bridgehead atoms. The van der Waals surface area contributed by atoms with Gasteiger partial charge in [0.1, 0.15) is 6.10 Å². The maximum atomic E-state index is 10.3. The Labute approximate surface area is 409 Å². The van der Waals surface area contributed by atoms with Gasteiger partial charge >= 0.3 is 17.9 Å². The van der Waals surface area contributed by atoms with Crippen molar-refractivity contribution in [2.24, 2.45) is 0 Å². The lowest BCUT2D eigenvalue weighted by atomic mass is 10.0. The number of rotatable bonds is 50. The van der Waals surface area contributed by atoms with E-state index < -0.39 is 24.0 Å². The van der Waals surface area contributed by atoms with Crippen LogP contribution < -0.4 is 0 Å². The Morgan fingerprint density at radius 1 is 0.258 bits per heavy atom.